The molecule has 3 aromatic rings. The molecule has 5 nitrogen and oxygen atoms in total. The number of fused-ring (bicyclic) bond motifs is 1. The molecular formula is C22H22N4O. The van der Waals surface area contributed by atoms with Gasteiger partial charge in [-0.3, -0.25) is 4.79 Å². The summed E-state index contributed by atoms with van der Waals surface area (Å²) in [5.74, 6) is 0.480. The monoisotopic (exact) mass is 358 g/mol. The highest BCUT2D eigenvalue weighted by Gasteiger charge is 2.24. The van der Waals surface area contributed by atoms with Crippen molar-refractivity contribution in [3.63, 3.8) is 0 Å². The van der Waals surface area contributed by atoms with Crippen molar-refractivity contribution in [3.8, 4) is 0 Å². The summed E-state index contributed by atoms with van der Waals surface area (Å²) in [7, 11) is 1.94. The second-order valence-corrected chi connectivity index (χ2v) is 6.77. The molecule has 0 aliphatic carbocycles. The summed E-state index contributed by atoms with van der Waals surface area (Å²) < 4.78 is 0. The van der Waals surface area contributed by atoms with Gasteiger partial charge in [-0.1, -0.05) is 48.5 Å². The van der Waals surface area contributed by atoms with Gasteiger partial charge in [0.2, 0.25) is 5.95 Å². The molecule has 1 aliphatic heterocycles. The zero-order chi connectivity index (χ0) is 18.6. The quantitative estimate of drug-likeness (QED) is 0.713. The number of rotatable bonds is 4. The molecule has 4 rings (SSSR count). The summed E-state index contributed by atoms with van der Waals surface area (Å²) in [4.78, 5) is 25.8. The highest BCUT2D eigenvalue weighted by molar-refractivity contribution is 6.05. The van der Waals surface area contributed by atoms with E-state index in [1.54, 1.807) is 12.3 Å². The Kier molecular flexibility index (Phi) is 4.83. The fraction of sp³-hybridized carbons (Fsp3) is 0.227. The van der Waals surface area contributed by atoms with Gasteiger partial charge < -0.3 is 9.80 Å². The molecule has 0 N–H and O–H groups in total. The van der Waals surface area contributed by atoms with Gasteiger partial charge in [-0.25, -0.2) is 9.97 Å². The van der Waals surface area contributed by atoms with Crippen LogP contribution in [-0.2, 0) is 13.0 Å². The fourth-order valence-electron chi connectivity index (χ4n) is 3.46. The normalized spacial score (nSPS) is 13.1. The lowest BCUT2D eigenvalue weighted by atomic mass is 10.0. The van der Waals surface area contributed by atoms with E-state index in [1.807, 2.05) is 53.2 Å². The summed E-state index contributed by atoms with van der Waals surface area (Å²) in [5.41, 5.74) is 3.81. The number of hydrogen-bond acceptors (Lipinski definition) is 4. The van der Waals surface area contributed by atoms with Crippen molar-refractivity contribution in [1.29, 1.82) is 0 Å². The molecule has 0 bridgehead atoms. The predicted molar refractivity (Wildman–Crippen MR) is 107 cm³/mol. The van der Waals surface area contributed by atoms with Crippen LogP contribution in [-0.4, -0.2) is 29.5 Å². The van der Waals surface area contributed by atoms with E-state index in [0.717, 1.165) is 25.1 Å². The molecule has 27 heavy (non-hydrogen) atoms. The largest absolute Gasteiger partial charge is 0.340 e. The van der Waals surface area contributed by atoms with E-state index in [9.17, 15) is 4.79 Å². The first-order valence-electron chi connectivity index (χ1n) is 9.20. The number of carbonyl (C=O) groups is 1. The molecule has 1 amide bonds. The Morgan fingerprint density at radius 1 is 1.07 bits per heavy atom. The van der Waals surface area contributed by atoms with Crippen LogP contribution in [0.4, 0.5) is 11.6 Å². The van der Waals surface area contributed by atoms with E-state index >= 15 is 0 Å². The summed E-state index contributed by atoms with van der Waals surface area (Å²) in [5, 5.41) is 0. The van der Waals surface area contributed by atoms with Gasteiger partial charge in [0, 0.05) is 32.0 Å². The molecule has 5 heteroatoms. The molecule has 0 spiro atoms. The molecule has 0 fully saturated rings. The van der Waals surface area contributed by atoms with Crippen molar-refractivity contribution in [3.05, 3.63) is 83.7 Å². The second-order valence-electron chi connectivity index (χ2n) is 6.77. The molecule has 1 aliphatic rings. The first-order chi connectivity index (χ1) is 13.2. The third kappa shape index (κ3) is 3.67. The lowest BCUT2D eigenvalue weighted by Crippen LogP contribution is -2.36. The molecule has 2 aromatic carbocycles. The molecule has 2 heterocycles. The van der Waals surface area contributed by atoms with Crippen molar-refractivity contribution < 1.29 is 4.79 Å². The average molecular weight is 358 g/mol. The van der Waals surface area contributed by atoms with Crippen LogP contribution in [0.25, 0.3) is 0 Å². The summed E-state index contributed by atoms with van der Waals surface area (Å²) >= 11 is 0. The zero-order valence-corrected chi connectivity index (χ0v) is 15.4. The second kappa shape index (κ2) is 7.58. The number of aromatic nitrogens is 2. The topological polar surface area (TPSA) is 49.3 Å². The number of nitrogens with zero attached hydrogens (tertiary/aromatic N) is 4. The average Bonchev–Trinajstić information content (AvgIpc) is 2.73. The number of benzene rings is 2. The van der Waals surface area contributed by atoms with Crippen LogP contribution >= 0.6 is 0 Å². The lowest BCUT2D eigenvalue weighted by molar-refractivity contribution is 0.0980. The molecule has 0 radical (unpaired) electrons. The van der Waals surface area contributed by atoms with Crippen molar-refractivity contribution in [2.45, 2.75) is 19.4 Å². The van der Waals surface area contributed by atoms with E-state index in [4.69, 9.17) is 0 Å². The van der Waals surface area contributed by atoms with Crippen LogP contribution in [0.2, 0.25) is 0 Å². The minimum Gasteiger partial charge on any atom is -0.340 e. The van der Waals surface area contributed by atoms with Crippen LogP contribution in [0, 0.1) is 0 Å². The summed E-state index contributed by atoms with van der Waals surface area (Å²) in [6.45, 7) is 1.40. The van der Waals surface area contributed by atoms with Gasteiger partial charge in [-0.2, -0.15) is 0 Å². The third-order valence-corrected chi connectivity index (χ3v) is 4.82. The molecule has 0 unspecified atom stereocenters. The lowest BCUT2D eigenvalue weighted by Gasteiger charge is -2.29. The molecule has 136 valence electrons. The summed E-state index contributed by atoms with van der Waals surface area (Å²) in [6.07, 6.45) is 3.64. The van der Waals surface area contributed by atoms with Gasteiger partial charge in [0.25, 0.3) is 5.91 Å². The molecule has 1 aromatic heterocycles. The highest BCUT2D eigenvalue weighted by Crippen LogP contribution is 2.28. The van der Waals surface area contributed by atoms with Crippen molar-refractivity contribution in [2.24, 2.45) is 0 Å². The third-order valence-electron chi connectivity index (χ3n) is 4.82. The smallest absolute Gasteiger partial charge is 0.277 e. The van der Waals surface area contributed by atoms with Gasteiger partial charge in [-0.15, -0.1) is 0 Å². The number of aryl methyl sites for hydroxylation is 1. The Bertz CT molecular complexity index is 942. The number of carbonyl (C=O) groups excluding carboxylic acids is 1. The number of amides is 1. The van der Waals surface area contributed by atoms with Crippen molar-refractivity contribution in [2.75, 3.05) is 23.4 Å². The van der Waals surface area contributed by atoms with Crippen LogP contribution in [0.5, 0.6) is 0 Å². The van der Waals surface area contributed by atoms with Gasteiger partial charge in [0.1, 0.15) is 5.69 Å². The number of hydrogen-bond donors (Lipinski definition) is 0. The SMILES string of the molecule is CN(Cc1ccccc1)c1nccc(C(=O)N2CCCc3ccccc32)n1. The van der Waals surface area contributed by atoms with Gasteiger partial charge in [0.05, 0.1) is 0 Å². The maximum absolute atomic E-state index is 13.1. The Morgan fingerprint density at radius 2 is 1.85 bits per heavy atom. The van der Waals surface area contributed by atoms with Crippen molar-refractivity contribution >= 4 is 17.5 Å². The Morgan fingerprint density at radius 3 is 2.70 bits per heavy atom. The van der Waals surface area contributed by atoms with Crippen LogP contribution in [0.3, 0.4) is 0 Å². The summed E-state index contributed by atoms with van der Waals surface area (Å²) in [6, 6.07) is 19.9. The Hall–Kier alpha value is -3.21. The van der Waals surface area contributed by atoms with Gasteiger partial charge >= 0.3 is 0 Å². The van der Waals surface area contributed by atoms with Crippen LogP contribution in [0.1, 0.15) is 28.0 Å². The van der Waals surface area contributed by atoms with Gasteiger partial charge in [0.15, 0.2) is 0 Å². The predicted octanol–water partition coefficient (Wildman–Crippen LogP) is 3.71. The first kappa shape index (κ1) is 17.2. The number of para-hydroxylation sites is 1. The Balaban J connectivity index is 1.57. The molecule has 0 saturated carbocycles. The maximum Gasteiger partial charge on any atom is 0.277 e. The number of anilines is 2. The Labute approximate surface area is 159 Å². The van der Waals surface area contributed by atoms with Crippen molar-refractivity contribution in [1.82, 2.24) is 9.97 Å². The van der Waals surface area contributed by atoms with Gasteiger partial charge in [-0.05, 0) is 36.1 Å². The van der Waals surface area contributed by atoms with E-state index in [-0.39, 0.29) is 5.91 Å². The van der Waals surface area contributed by atoms with Crippen LogP contribution in [0.15, 0.2) is 66.9 Å². The van der Waals surface area contributed by atoms with E-state index in [1.165, 1.54) is 11.1 Å². The zero-order valence-electron chi connectivity index (χ0n) is 15.4. The van der Waals surface area contributed by atoms with E-state index in [0.29, 0.717) is 18.2 Å². The maximum atomic E-state index is 13.1. The first-order valence-corrected chi connectivity index (χ1v) is 9.20. The van der Waals surface area contributed by atoms with E-state index < -0.39 is 0 Å². The van der Waals surface area contributed by atoms with E-state index in [2.05, 4.69) is 28.2 Å². The molecular weight excluding hydrogens is 336 g/mol. The standard InChI is InChI=1S/C22H22N4O/c1-25(16-17-8-3-2-4-9-17)22-23-14-13-19(24-22)21(27)26-15-7-11-18-10-5-6-12-20(18)26/h2-6,8-10,12-14H,7,11,15-16H2,1H3. The van der Waals surface area contributed by atoms with Crippen LogP contribution < -0.4 is 9.80 Å². The highest BCUT2D eigenvalue weighted by atomic mass is 16.2. The minimum atomic E-state index is -0.0705. The molecule has 0 atom stereocenters. The molecule has 0 saturated heterocycles. The minimum absolute atomic E-state index is 0.0705. The fourth-order valence-corrected chi connectivity index (χ4v) is 3.46.